The van der Waals surface area contributed by atoms with Gasteiger partial charge in [0.05, 0.1) is 6.61 Å². The van der Waals surface area contributed by atoms with Crippen LogP contribution in [0.3, 0.4) is 0 Å². The minimum Gasteiger partial charge on any atom is -0.461 e. The number of rotatable bonds is 10. The number of esters is 1. The highest BCUT2D eigenvalue weighted by atomic mass is 35.5. The fourth-order valence-electron chi connectivity index (χ4n) is 3.86. The van der Waals surface area contributed by atoms with Crippen molar-refractivity contribution in [2.24, 2.45) is 0 Å². The molecule has 1 aliphatic rings. The predicted molar refractivity (Wildman–Crippen MR) is 99.2 cm³/mol. The van der Waals surface area contributed by atoms with Crippen LogP contribution in [-0.2, 0) is 14.4 Å². The topological polar surface area (TPSA) is 38.8 Å². The molecule has 1 saturated heterocycles. The van der Waals surface area contributed by atoms with Crippen LogP contribution in [0.15, 0.2) is 0 Å². The molecule has 142 valence electrons. The molecule has 0 aromatic heterocycles. The van der Waals surface area contributed by atoms with E-state index < -0.39 is 0 Å². The number of hydroxylamine groups is 2. The van der Waals surface area contributed by atoms with Gasteiger partial charge in [-0.3, -0.25) is 9.63 Å². The molecule has 24 heavy (non-hydrogen) atoms. The number of carbonyl (C=O) groups excluding carboxylic acids is 1. The second kappa shape index (κ2) is 9.98. The van der Waals surface area contributed by atoms with Gasteiger partial charge in [-0.05, 0) is 34.1 Å². The Labute approximate surface area is 153 Å². The van der Waals surface area contributed by atoms with E-state index in [1.807, 2.05) is 0 Å². The molecule has 0 aliphatic carbocycles. The van der Waals surface area contributed by atoms with Crippen molar-refractivity contribution in [2.45, 2.75) is 103 Å². The number of unbranched alkanes of at least 4 members (excludes halogenated alkanes) is 5. The van der Waals surface area contributed by atoms with E-state index in [-0.39, 0.29) is 29.0 Å². The maximum Gasteiger partial charge on any atom is 0.321 e. The molecule has 0 saturated carbocycles. The second-order valence-electron chi connectivity index (χ2n) is 8.17. The third-order valence-electron chi connectivity index (χ3n) is 4.68. The lowest BCUT2D eigenvalue weighted by molar-refractivity contribution is -0.293. The van der Waals surface area contributed by atoms with Gasteiger partial charge < -0.3 is 4.74 Å². The number of nitrogens with zero attached hydrogens (tertiary/aromatic N) is 1. The van der Waals surface area contributed by atoms with E-state index in [0.717, 1.165) is 25.9 Å². The summed E-state index contributed by atoms with van der Waals surface area (Å²) < 4.78 is 5.49. The summed E-state index contributed by atoms with van der Waals surface area (Å²) in [7, 11) is 0. The Morgan fingerprint density at radius 1 is 1.04 bits per heavy atom. The monoisotopic (exact) mass is 361 g/mol. The number of hydrogen-bond donors (Lipinski definition) is 0. The van der Waals surface area contributed by atoms with E-state index in [4.69, 9.17) is 21.2 Å². The first-order valence-electron chi connectivity index (χ1n) is 9.41. The van der Waals surface area contributed by atoms with Gasteiger partial charge in [0.25, 0.3) is 0 Å². The fraction of sp³-hybridized carbons (Fsp3) is 0.947. The summed E-state index contributed by atoms with van der Waals surface area (Å²) in [6, 6.07) is 0. The Kier molecular flexibility index (Phi) is 9.03. The Hall–Kier alpha value is -0.320. The molecular formula is C19H36ClNO3. The van der Waals surface area contributed by atoms with Gasteiger partial charge in [-0.1, -0.05) is 39.0 Å². The van der Waals surface area contributed by atoms with Crippen LogP contribution in [0.5, 0.6) is 0 Å². The smallest absolute Gasteiger partial charge is 0.321 e. The molecule has 0 N–H and O–H groups in total. The third kappa shape index (κ3) is 6.89. The number of ether oxygens (including phenoxy) is 1. The highest BCUT2D eigenvalue weighted by Gasteiger charge is 2.47. The van der Waals surface area contributed by atoms with E-state index in [9.17, 15) is 4.79 Å². The Morgan fingerprint density at radius 3 is 2.12 bits per heavy atom. The molecule has 1 rings (SSSR count). The highest BCUT2D eigenvalue weighted by Crippen LogP contribution is 2.39. The first kappa shape index (κ1) is 21.7. The highest BCUT2D eigenvalue weighted by molar-refractivity contribution is 6.26. The van der Waals surface area contributed by atoms with Crippen LogP contribution in [0.25, 0.3) is 0 Å². The largest absolute Gasteiger partial charge is 0.461 e. The Balaban J connectivity index is 2.48. The van der Waals surface area contributed by atoms with Crippen LogP contribution in [0.1, 0.15) is 86.0 Å². The molecule has 0 bridgehead atoms. The summed E-state index contributed by atoms with van der Waals surface area (Å²) in [6.07, 6.45) is 8.96. The molecule has 0 radical (unpaired) electrons. The quantitative estimate of drug-likeness (QED) is 0.309. The molecule has 0 aromatic carbocycles. The zero-order valence-corrected chi connectivity index (χ0v) is 17.0. The first-order valence-corrected chi connectivity index (χ1v) is 9.95. The van der Waals surface area contributed by atoms with Gasteiger partial charge in [-0.2, -0.15) is 5.06 Å². The van der Waals surface area contributed by atoms with Crippen molar-refractivity contribution in [3.8, 4) is 0 Å². The van der Waals surface area contributed by atoms with E-state index in [0.29, 0.717) is 0 Å². The lowest BCUT2D eigenvalue weighted by Gasteiger charge is -2.53. The van der Waals surface area contributed by atoms with Crippen molar-refractivity contribution in [3.63, 3.8) is 0 Å². The van der Waals surface area contributed by atoms with Crippen molar-refractivity contribution in [1.29, 1.82) is 0 Å². The molecule has 4 nitrogen and oxygen atoms in total. The number of halogens is 1. The summed E-state index contributed by atoms with van der Waals surface area (Å²) >= 11 is 5.56. The lowest BCUT2D eigenvalue weighted by Crippen LogP contribution is -2.62. The Bertz CT molecular complexity index is 367. The Morgan fingerprint density at radius 2 is 1.58 bits per heavy atom. The van der Waals surface area contributed by atoms with Crippen LogP contribution in [0.2, 0.25) is 0 Å². The number of hydrogen-bond acceptors (Lipinski definition) is 4. The predicted octanol–water partition coefficient (Wildman–Crippen LogP) is 5.08. The summed E-state index contributed by atoms with van der Waals surface area (Å²) in [5.74, 6) is -0.426. The number of alkyl halides is 1. The molecule has 5 heteroatoms. The molecule has 0 unspecified atom stereocenters. The molecular weight excluding hydrogens is 326 g/mol. The molecule has 0 aromatic rings. The number of carbonyl (C=O) groups is 1. The average molecular weight is 362 g/mol. The second-order valence-corrected chi connectivity index (χ2v) is 8.44. The summed E-state index contributed by atoms with van der Waals surface area (Å²) in [4.78, 5) is 17.7. The number of piperidine rings is 1. The van der Waals surface area contributed by atoms with Crippen LogP contribution >= 0.6 is 11.6 Å². The van der Waals surface area contributed by atoms with Crippen molar-refractivity contribution in [3.05, 3.63) is 0 Å². The van der Waals surface area contributed by atoms with Gasteiger partial charge in [0, 0.05) is 23.9 Å². The normalized spacial score (nSPS) is 20.9. The zero-order valence-electron chi connectivity index (χ0n) is 16.2. The summed E-state index contributed by atoms with van der Waals surface area (Å²) in [5.41, 5.74) is -0.359. The molecule has 1 aliphatic heterocycles. The molecule has 0 spiro atoms. The van der Waals surface area contributed by atoms with E-state index in [2.05, 4.69) is 39.7 Å². The van der Waals surface area contributed by atoms with Crippen LogP contribution in [0, 0.1) is 0 Å². The van der Waals surface area contributed by atoms with E-state index in [1.54, 1.807) is 0 Å². The lowest BCUT2D eigenvalue weighted by atomic mass is 9.80. The van der Waals surface area contributed by atoms with Gasteiger partial charge in [0.15, 0.2) is 0 Å². The summed E-state index contributed by atoms with van der Waals surface area (Å²) in [5, 5.41) is 2.12. The maximum atomic E-state index is 11.5. The van der Waals surface area contributed by atoms with Crippen molar-refractivity contribution in [1.82, 2.24) is 5.06 Å². The molecule has 0 amide bonds. The van der Waals surface area contributed by atoms with Gasteiger partial charge >= 0.3 is 5.97 Å². The van der Waals surface area contributed by atoms with Crippen molar-refractivity contribution < 1.29 is 14.4 Å². The third-order valence-corrected chi connectivity index (χ3v) is 4.90. The minimum absolute atomic E-state index is 0.0877. The SMILES string of the molecule is CCCCCCCCON1C(C)(C)CC(OC(=O)CCl)CC1(C)C. The first-order chi connectivity index (χ1) is 11.2. The molecule has 1 fully saturated rings. The molecule has 0 atom stereocenters. The fourth-order valence-corrected chi connectivity index (χ4v) is 3.92. The zero-order chi connectivity index (χ0) is 18.2. The standard InChI is InChI=1S/C19H36ClNO3/c1-6-7-8-9-10-11-12-23-21-18(2,3)13-16(14-19(21,4)5)24-17(22)15-20/h16H,6-15H2,1-5H3. The minimum atomic E-state index is -0.338. The van der Waals surface area contributed by atoms with Gasteiger partial charge in [-0.25, -0.2) is 0 Å². The van der Waals surface area contributed by atoms with Crippen LogP contribution in [-0.4, -0.2) is 40.7 Å². The maximum absolute atomic E-state index is 11.5. The van der Waals surface area contributed by atoms with Gasteiger partial charge in [-0.15, -0.1) is 11.6 Å². The van der Waals surface area contributed by atoms with E-state index >= 15 is 0 Å². The molecule has 1 heterocycles. The van der Waals surface area contributed by atoms with Crippen molar-refractivity contribution in [2.75, 3.05) is 12.5 Å². The van der Waals surface area contributed by atoms with Crippen LogP contribution in [0.4, 0.5) is 0 Å². The van der Waals surface area contributed by atoms with Crippen LogP contribution < -0.4 is 0 Å². The summed E-state index contributed by atoms with van der Waals surface area (Å²) in [6.45, 7) is 11.6. The average Bonchev–Trinajstić information content (AvgIpc) is 2.47. The van der Waals surface area contributed by atoms with Gasteiger partial charge in [0.1, 0.15) is 12.0 Å². The van der Waals surface area contributed by atoms with E-state index in [1.165, 1.54) is 32.1 Å². The van der Waals surface area contributed by atoms with Gasteiger partial charge in [0.2, 0.25) is 0 Å². The van der Waals surface area contributed by atoms with Crippen molar-refractivity contribution >= 4 is 17.6 Å².